The number of carbonyl (C=O) groups excluding carboxylic acids is 2. The van der Waals surface area contributed by atoms with Gasteiger partial charge in [-0.3, -0.25) is 9.59 Å². The molecule has 134 valence electrons. The Labute approximate surface area is 148 Å². The second-order valence-corrected chi connectivity index (χ2v) is 6.09. The first-order chi connectivity index (χ1) is 12.2. The summed E-state index contributed by atoms with van der Waals surface area (Å²) in [5.74, 6) is -1.62. The van der Waals surface area contributed by atoms with Gasteiger partial charge in [0, 0.05) is 6.04 Å². The van der Waals surface area contributed by atoms with E-state index in [1.807, 2.05) is 30.3 Å². The summed E-state index contributed by atoms with van der Waals surface area (Å²) in [6.07, 6.45) is 5.13. The highest BCUT2D eigenvalue weighted by Crippen LogP contribution is 2.17. The first-order valence-electron chi connectivity index (χ1n) is 8.69. The van der Waals surface area contributed by atoms with Crippen molar-refractivity contribution >= 4 is 11.7 Å². The Morgan fingerprint density at radius 2 is 1.88 bits per heavy atom. The van der Waals surface area contributed by atoms with Gasteiger partial charge >= 0.3 is 0 Å². The lowest BCUT2D eigenvalue weighted by atomic mass is 9.94. The van der Waals surface area contributed by atoms with Gasteiger partial charge in [0.2, 0.25) is 5.91 Å². The summed E-state index contributed by atoms with van der Waals surface area (Å²) >= 11 is 0. The van der Waals surface area contributed by atoms with Gasteiger partial charge in [-0.05, 0) is 25.0 Å². The van der Waals surface area contributed by atoms with Crippen LogP contribution < -0.4 is 10.1 Å². The molecule has 1 aromatic carbocycles. The summed E-state index contributed by atoms with van der Waals surface area (Å²) in [7, 11) is 0. The summed E-state index contributed by atoms with van der Waals surface area (Å²) in [6, 6.07) is 11.1. The molecule has 1 fully saturated rings. The quantitative estimate of drug-likeness (QED) is 0.548. The molecular formula is C19H24N2O4. The maximum atomic E-state index is 12.1. The van der Waals surface area contributed by atoms with Crippen LogP contribution in [-0.4, -0.2) is 37.6 Å². The molecule has 0 aromatic heterocycles. The van der Waals surface area contributed by atoms with E-state index in [0.29, 0.717) is 6.61 Å². The summed E-state index contributed by atoms with van der Waals surface area (Å²) < 4.78 is 10.7. The van der Waals surface area contributed by atoms with Gasteiger partial charge in [0.1, 0.15) is 19.0 Å². The number of ether oxygens (including phenoxy) is 2. The van der Waals surface area contributed by atoms with Gasteiger partial charge in [0.15, 0.2) is 11.7 Å². The lowest BCUT2D eigenvalue weighted by Gasteiger charge is -2.23. The van der Waals surface area contributed by atoms with Gasteiger partial charge in [-0.2, -0.15) is 5.26 Å². The summed E-state index contributed by atoms with van der Waals surface area (Å²) in [4.78, 5) is 24.2. The van der Waals surface area contributed by atoms with E-state index in [9.17, 15) is 9.59 Å². The van der Waals surface area contributed by atoms with Crippen molar-refractivity contribution in [3.05, 3.63) is 30.3 Å². The van der Waals surface area contributed by atoms with Crippen molar-refractivity contribution < 1.29 is 19.1 Å². The highest BCUT2D eigenvalue weighted by molar-refractivity contribution is 6.04. The van der Waals surface area contributed by atoms with Crippen LogP contribution >= 0.6 is 0 Å². The monoisotopic (exact) mass is 344 g/mol. The average molecular weight is 344 g/mol. The first-order valence-corrected chi connectivity index (χ1v) is 8.69. The fourth-order valence-electron chi connectivity index (χ4n) is 2.80. The Kier molecular flexibility index (Phi) is 7.93. The van der Waals surface area contributed by atoms with E-state index in [-0.39, 0.29) is 19.3 Å². The zero-order chi connectivity index (χ0) is 17.9. The number of nitrogens with zero attached hydrogens (tertiary/aromatic N) is 1. The minimum Gasteiger partial charge on any atom is -0.491 e. The van der Waals surface area contributed by atoms with Crippen LogP contribution in [0.25, 0.3) is 0 Å². The molecule has 25 heavy (non-hydrogen) atoms. The smallest absolute Gasteiger partial charge is 0.245 e. The highest BCUT2D eigenvalue weighted by Gasteiger charge is 2.28. The van der Waals surface area contributed by atoms with Crippen LogP contribution in [-0.2, 0) is 14.3 Å². The standard InChI is InChI=1S/C19H24N2O4/c20-13-17(19(23)21-15-7-3-1-4-8-15)18(22)14-24-11-12-25-16-9-5-2-6-10-16/h2,5-6,9-10,15,17H,1,3-4,7-8,11-12,14H2,(H,21,23). The van der Waals surface area contributed by atoms with E-state index >= 15 is 0 Å². The second-order valence-electron chi connectivity index (χ2n) is 6.09. The number of para-hydroxylation sites is 1. The van der Waals surface area contributed by atoms with Crippen molar-refractivity contribution in [1.82, 2.24) is 5.32 Å². The third-order valence-electron chi connectivity index (χ3n) is 4.15. The fourth-order valence-corrected chi connectivity index (χ4v) is 2.80. The number of nitrogens with one attached hydrogen (secondary N) is 1. The molecule has 6 nitrogen and oxygen atoms in total. The fraction of sp³-hybridized carbons (Fsp3) is 0.526. The van der Waals surface area contributed by atoms with E-state index in [0.717, 1.165) is 31.4 Å². The third kappa shape index (κ3) is 6.55. The Morgan fingerprint density at radius 3 is 2.56 bits per heavy atom. The third-order valence-corrected chi connectivity index (χ3v) is 4.15. The Hall–Kier alpha value is -2.39. The van der Waals surface area contributed by atoms with Crippen LogP contribution in [0.15, 0.2) is 30.3 Å². The molecule has 1 saturated carbocycles. The molecule has 1 N–H and O–H groups in total. The number of hydrogen-bond donors (Lipinski definition) is 1. The SMILES string of the molecule is N#CC(C(=O)COCCOc1ccccc1)C(=O)NC1CCCCC1. The number of nitriles is 1. The largest absolute Gasteiger partial charge is 0.491 e. The van der Waals surface area contributed by atoms with Crippen molar-refractivity contribution in [3.63, 3.8) is 0 Å². The molecule has 1 aromatic rings. The van der Waals surface area contributed by atoms with Crippen molar-refractivity contribution in [2.75, 3.05) is 19.8 Å². The molecule has 0 saturated heterocycles. The minimum atomic E-state index is -1.31. The van der Waals surface area contributed by atoms with Gasteiger partial charge in [-0.25, -0.2) is 0 Å². The predicted octanol–water partition coefficient (Wildman–Crippen LogP) is 2.24. The Morgan fingerprint density at radius 1 is 1.16 bits per heavy atom. The maximum absolute atomic E-state index is 12.1. The molecule has 0 spiro atoms. The number of hydrogen-bond acceptors (Lipinski definition) is 5. The van der Waals surface area contributed by atoms with Gasteiger partial charge in [-0.1, -0.05) is 37.5 Å². The van der Waals surface area contributed by atoms with Crippen molar-refractivity contribution in [3.8, 4) is 11.8 Å². The molecule has 2 rings (SSSR count). The van der Waals surface area contributed by atoms with Crippen LogP contribution in [0.2, 0.25) is 0 Å². The van der Waals surface area contributed by atoms with Crippen LogP contribution in [0.1, 0.15) is 32.1 Å². The average Bonchev–Trinajstić information content (AvgIpc) is 2.63. The van der Waals surface area contributed by atoms with Gasteiger partial charge in [0.05, 0.1) is 12.7 Å². The van der Waals surface area contributed by atoms with Gasteiger partial charge in [-0.15, -0.1) is 0 Å². The predicted molar refractivity (Wildman–Crippen MR) is 91.9 cm³/mol. The van der Waals surface area contributed by atoms with Crippen molar-refractivity contribution in [2.45, 2.75) is 38.1 Å². The molecule has 1 aliphatic carbocycles. The lowest BCUT2D eigenvalue weighted by molar-refractivity contribution is -0.134. The normalized spacial score (nSPS) is 15.8. The molecule has 0 bridgehead atoms. The molecule has 0 radical (unpaired) electrons. The molecule has 1 atom stereocenters. The molecule has 1 unspecified atom stereocenters. The highest BCUT2D eigenvalue weighted by atomic mass is 16.5. The van der Waals surface area contributed by atoms with E-state index in [1.54, 1.807) is 6.07 Å². The van der Waals surface area contributed by atoms with Gasteiger partial charge < -0.3 is 14.8 Å². The number of carbonyl (C=O) groups is 2. The van der Waals surface area contributed by atoms with Crippen molar-refractivity contribution in [1.29, 1.82) is 5.26 Å². The van der Waals surface area contributed by atoms with E-state index < -0.39 is 17.6 Å². The summed E-state index contributed by atoms with van der Waals surface area (Å²) in [5.41, 5.74) is 0. The number of ketones is 1. The van der Waals surface area contributed by atoms with Gasteiger partial charge in [0.25, 0.3) is 0 Å². The first kappa shape index (κ1) is 18.9. The summed E-state index contributed by atoms with van der Waals surface area (Å²) in [6.45, 7) is 0.236. The minimum absolute atomic E-state index is 0.0742. The van der Waals surface area contributed by atoms with Crippen LogP contribution in [0.5, 0.6) is 5.75 Å². The number of amides is 1. The zero-order valence-electron chi connectivity index (χ0n) is 14.3. The number of rotatable bonds is 9. The molecule has 0 aliphatic heterocycles. The maximum Gasteiger partial charge on any atom is 0.245 e. The summed E-state index contributed by atoms with van der Waals surface area (Å²) in [5, 5.41) is 11.9. The van der Waals surface area contributed by atoms with Crippen LogP contribution in [0.3, 0.4) is 0 Å². The van der Waals surface area contributed by atoms with Crippen LogP contribution in [0.4, 0.5) is 0 Å². The Balaban J connectivity index is 1.66. The Bertz CT molecular complexity index is 591. The lowest BCUT2D eigenvalue weighted by Crippen LogP contribution is -2.42. The molecule has 6 heteroatoms. The van der Waals surface area contributed by atoms with Crippen molar-refractivity contribution in [2.24, 2.45) is 5.92 Å². The molecule has 1 amide bonds. The van der Waals surface area contributed by atoms with E-state index in [4.69, 9.17) is 14.7 Å². The molecule has 1 aliphatic rings. The topological polar surface area (TPSA) is 88.4 Å². The van der Waals surface area contributed by atoms with E-state index in [1.165, 1.54) is 6.42 Å². The number of Topliss-reactive ketones (excluding diaryl/α,β-unsaturated/α-hetero) is 1. The molecular weight excluding hydrogens is 320 g/mol. The zero-order valence-corrected chi connectivity index (χ0v) is 14.3. The van der Waals surface area contributed by atoms with E-state index in [2.05, 4.69) is 5.32 Å². The van der Waals surface area contributed by atoms with Crippen LogP contribution in [0, 0.1) is 17.2 Å². The molecule has 0 heterocycles. The number of benzene rings is 1. The second kappa shape index (κ2) is 10.5.